The lowest BCUT2D eigenvalue weighted by atomic mass is 9.99. The van der Waals surface area contributed by atoms with Crippen molar-refractivity contribution in [1.82, 2.24) is 5.32 Å². The Morgan fingerprint density at radius 3 is 1.48 bits per heavy atom. The molecule has 0 amide bonds. The number of carbonyl (C=O) groups is 2. The minimum Gasteiger partial charge on any atom is -0.463 e. The van der Waals surface area contributed by atoms with Gasteiger partial charge in [0.1, 0.15) is 6.10 Å². The van der Waals surface area contributed by atoms with Crippen molar-refractivity contribution >= 4 is 11.9 Å². The second kappa shape index (κ2) is 36.8. The van der Waals surface area contributed by atoms with Crippen molar-refractivity contribution in [3.63, 3.8) is 0 Å². The fourth-order valence-electron chi connectivity index (χ4n) is 7.64. The lowest BCUT2D eigenvalue weighted by molar-refractivity contribution is -0.150. The predicted molar refractivity (Wildman–Crippen MR) is 221 cm³/mol. The maximum atomic E-state index is 12.8. The lowest BCUT2D eigenvalue weighted by Crippen LogP contribution is -2.33. The van der Waals surface area contributed by atoms with E-state index < -0.39 is 0 Å². The van der Waals surface area contributed by atoms with E-state index in [2.05, 4.69) is 26.1 Å². The highest BCUT2D eigenvalue weighted by atomic mass is 16.5. The number of unbranched alkanes of at least 4 members (excludes halogenated alkanes) is 20. The van der Waals surface area contributed by atoms with Gasteiger partial charge in [-0.1, -0.05) is 149 Å². The Balaban J connectivity index is 2.25. The van der Waals surface area contributed by atoms with Crippen LogP contribution >= 0.6 is 0 Å². The molecule has 1 rings (SSSR count). The molecule has 1 N–H and O–H groups in total. The molecule has 6 heteroatoms. The van der Waals surface area contributed by atoms with Gasteiger partial charge in [-0.3, -0.25) is 9.59 Å². The third-order valence-electron chi connectivity index (χ3n) is 11.2. The summed E-state index contributed by atoms with van der Waals surface area (Å²) in [6.07, 6.45) is 38.6. The Morgan fingerprint density at radius 1 is 0.558 bits per heavy atom. The number of hydrogen-bond donors (Lipinski definition) is 1. The monoisotopic (exact) mass is 736 g/mol. The highest BCUT2D eigenvalue weighted by molar-refractivity contribution is 5.69. The molecule has 1 fully saturated rings. The number of esters is 2. The Morgan fingerprint density at radius 2 is 0.981 bits per heavy atom. The maximum Gasteiger partial charge on any atom is 0.306 e. The zero-order valence-corrected chi connectivity index (χ0v) is 35.3. The van der Waals surface area contributed by atoms with E-state index in [1.54, 1.807) is 0 Å². The highest BCUT2D eigenvalue weighted by Crippen LogP contribution is 2.20. The number of nitrogens with one attached hydrogen (secondary N) is 1. The number of rotatable bonds is 39. The molecule has 308 valence electrons. The van der Waals surface area contributed by atoms with Gasteiger partial charge < -0.3 is 19.5 Å². The normalized spacial score (nSPS) is 15.7. The molecule has 6 nitrogen and oxygen atoms in total. The van der Waals surface area contributed by atoms with Gasteiger partial charge in [-0.15, -0.1) is 0 Å². The summed E-state index contributed by atoms with van der Waals surface area (Å²) in [5.41, 5.74) is 0. The van der Waals surface area contributed by atoms with E-state index in [0.717, 1.165) is 71.1 Å². The summed E-state index contributed by atoms with van der Waals surface area (Å²) >= 11 is 0. The molecular formula is C46H89NO5. The van der Waals surface area contributed by atoms with Crippen LogP contribution in [0.3, 0.4) is 0 Å². The molecule has 0 spiro atoms. The van der Waals surface area contributed by atoms with Gasteiger partial charge in [-0.25, -0.2) is 0 Å². The molecule has 0 radical (unpaired) electrons. The van der Waals surface area contributed by atoms with E-state index in [0.29, 0.717) is 24.8 Å². The van der Waals surface area contributed by atoms with Crippen LogP contribution in [-0.2, 0) is 23.8 Å². The molecule has 0 aromatic carbocycles. The number of ether oxygens (including phenoxy) is 3. The topological polar surface area (TPSA) is 73.9 Å². The third-order valence-corrected chi connectivity index (χ3v) is 11.2. The summed E-state index contributed by atoms with van der Waals surface area (Å²) in [5.74, 6) is 0.678. The first-order valence-electron chi connectivity index (χ1n) is 23.2. The van der Waals surface area contributed by atoms with E-state index in [4.69, 9.17) is 14.2 Å². The minimum atomic E-state index is -0.0182. The fourth-order valence-corrected chi connectivity index (χ4v) is 7.64. The van der Waals surface area contributed by atoms with Crippen LogP contribution in [0.25, 0.3) is 0 Å². The van der Waals surface area contributed by atoms with Gasteiger partial charge in [-0.05, 0) is 83.5 Å². The van der Waals surface area contributed by atoms with Crippen LogP contribution in [0.2, 0.25) is 0 Å². The summed E-state index contributed by atoms with van der Waals surface area (Å²) in [6.45, 7) is 11.7. The largest absolute Gasteiger partial charge is 0.463 e. The predicted octanol–water partition coefficient (Wildman–Crippen LogP) is 13.4. The standard InChI is InChI=1S/C46H89NO5/c1-5-8-11-13-19-26-33-44(34-27-20-14-12-9-6-2)52-46(49)36-29-22-16-18-25-32-43(47-39-42-37-38-50-40-42)31-24-17-15-21-28-35-45(48)51-41(4)30-23-10-7-3/h41-44,47H,5-40H2,1-4H3. The van der Waals surface area contributed by atoms with Crippen molar-refractivity contribution in [2.75, 3.05) is 19.8 Å². The van der Waals surface area contributed by atoms with Crippen molar-refractivity contribution in [1.29, 1.82) is 0 Å². The molecule has 1 saturated heterocycles. The van der Waals surface area contributed by atoms with Gasteiger partial charge in [0.25, 0.3) is 0 Å². The molecule has 3 atom stereocenters. The van der Waals surface area contributed by atoms with E-state index >= 15 is 0 Å². The zero-order valence-electron chi connectivity index (χ0n) is 35.3. The van der Waals surface area contributed by atoms with E-state index in [-0.39, 0.29) is 24.1 Å². The number of carbonyl (C=O) groups excluding carboxylic acids is 2. The molecule has 1 heterocycles. The molecule has 0 bridgehead atoms. The van der Waals surface area contributed by atoms with E-state index in [1.165, 1.54) is 148 Å². The summed E-state index contributed by atoms with van der Waals surface area (Å²) in [7, 11) is 0. The van der Waals surface area contributed by atoms with Crippen LogP contribution in [0, 0.1) is 5.92 Å². The third kappa shape index (κ3) is 31.2. The van der Waals surface area contributed by atoms with E-state index in [1.807, 2.05) is 6.92 Å². The van der Waals surface area contributed by atoms with Crippen LogP contribution in [0.5, 0.6) is 0 Å². The van der Waals surface area contributed by atoms with Crippen LogP contribution < -0.4 is 5.32 Å². The Hall–Kier alpha value is -1.14. The summed E-state index contributed by atoms with van der Waals surface area (Å²) in [5, 5.41) is 3.90. The summed E-state index contributed by atoms with van der Waals surface area (Å²) < 4.78 is 17.3. The Labute approximate surface area is 323 Å². The van der Waals surface area contributed by atoms with Gasteiger partial charge in [0, 0.05) is 32.0 Å². The van der Waals surface area contributed by atoms with Crippen LogP contribution in [0.4, 0.5) is 0 Å². The first-order chi connectivity index (χ1) is 25.5. The highest BCUT2D eigenvalue weighted by Gasteiger charge is 2.18. The Bertz CT molecular complexity index is 769. The molecule has 1 aliphatic heterocycles. The molecule has 0 aromatic rings. The molecule has 0 aliphatic carbocycles. The van der Waals surface area contributed by atoms with Crippen molar-refractivity contribution < 1.29 is 23.8 Å². The van der Waals surface area contributed by atoms with Crippen molar-refractivity contribution in [2.45, 2.75) is 258 Å². The quantitative estimate of drug-likeness (QED) is 0.0500. The maximum absolute atomic E-state index is 12.8. The average molecular weight is 736 g/mol. The van der Waals surface area contributed by atoms with Gasteiger partial charge in [0.15, 0.2) is 0 Å². The fraction of sp³-hybridized carbons (Fsp3) is 0.957. The van der Waals surface area contributed by atoms with Gasteiger partial charge >= 0.3 is 11.9 Å². The summed E-state index contributed by atoms with van der Waals surface area (Å²) in [4.78, 5) is 25.0. The second-order valence-electron chi connectivity index (χ2n) is 16.5. The van der Waals surface area contributed by atoms with Crippen LogP contribution in [-0.4, -0.2) is 49.9 Å². The molecule has 1 aliphatic rings. The molecule has 3 unspecified atom stereocenters. The van der Waals surface area contributed by atoms with Crippen LogP contribution in [0.1, 0.15) is 240 Å². The first-order valence-corrected chi connectivity index (χ1v) is 23.2. The molecule has 0 saturated carbocycles. The average Bonchev–Trinajstić information content (AvgIpc) is 3.66. The zero-order chi connectivity index (χ0) is 37.7. The van der Waals surface area contributed by atoms with Crippen molar-refractivity contribution in [3.8, 4) is 0 Å². The van der Waals surface area contributed by atoms with Gasteiger partial charge in [0.2, 0.25) is 0 Å². The second-order valence-corrected chi connectivity index (χ2v) is 16.5. The minimum absolute atomic E-state index is 0.0182. The van der Waals surface area contributed by atoms with Crippen molar-refractivity contribution in [3.05, 3.63) is 0 Å². The summed E-state index contributed by atoms with van der Waals surface area (Å²) in [6, 6.07) is 0.579. The van der Waals surface area contributed by atoms with E-state index in [9.17, 15) is 9.59 Å². The molecular weight excluding hydrogens is 647 g/mol. The smallest absolute Gasteiger partial charge is 0.306 e. The van der Waals surface area contributed by atoms with Gasteiger partial charge in [-0.2, -0.15) is 0 Å². The lowest BCUT2D eigenvalue weighted by Gasteiger charge is -2.21. The SMILES string of the molecule is CCCCCCCCC(CCCCCCCC)OC(=O)CCCCCCCC(CCCCCCCC(=O)OC(C)CCCCC)NCC1CCOC1. The van der Waals surface area contributed by atoms with Crippen LogP contribution in [0.15, 0.2) is 0 Å². The molecule has 0 aromatic heterocycles. The molecule has 52 heavy (non-hydrogen) atoms. The Kier molecular flexibility index (Phi) is 34.6. The first kappa shape index (κ1) is 48.9. The number of hydrogen-bond acceptors (Lipinski definition) is 6. The van der Waals surface area contributed by atoms with Gasteiger partial charge in [0.05, 0.1) is 12.7 Å². The van der Waals surface area contributed by atoms with Crippen molar-refractivity contribution in [2.24, 2.45) is 5.92 Å².